The van der Waals surface area contributed by atoms with Gasteiger partial charge >= 0.3 is 0 Å². The number of rotatable bonds is 5. The van der Waals surface area contributed by atoms with E-state index in [1.807, 2.05) is 23.1 Å². The molecule has 1 aromatic rings. The van der Waals surface area contributed by atoms with Crippen molar-refractivity contribution in [2.24, 2.45) is 0 Å². The standard InChI is InChI=1S/C15H22ClN3O/c1-2-6-17-12-15(20)19-9-7-18(8-10-19)14-5-3-4-13(16)11-14/h3-5,11,17H,2,6-10,12H2,1H3. The van der Waals surface area contributed by atoms with Gasteiger partial charge in [-0.1, -0.05) is 24.6 Å². The van der Waals surface area contributed by atoms with Crippen molar-refractivity contribution >= 4 is 23.2 Å². The Labute approximate surface area is 125 Å². The maximum Gasteiger partial charge on any atom is 0.236 e. The van der Waals surface area contributed by atoms with Crippen LogP contribution in [0.4, 0.5) is 5.69 Å². The Morgan fingerprint density at radius 2 is 2.05 bits per heavy atom. The van der Waals surface area contributed by atoms with Crippen molar-refractivity contribution in [1.82, 2.24) is 10.2 Å². The van der Waals surface area contributed by atoms with E-state index in [9.17, 15) is 4.79 Å². The summed E-state index contributed by atoms with van der Waals surface area (Å²) in [5, 5.41) is 3.91. The third kappa shape index (κ3) is 4.12. The Morgan fingerprint density at radius 1 is 1.30 bits per heavy atom. The first kappa shape index (κ1) is 15.1. The number of piperazine rings is 1. The quantitative estimate of drug-likeness (QED) is 0.844. The van der Waals surface area contributed by atoms with Crippen LogP contribution in [0.5, 0.6) is 0 Å². The van der Waals surface area contributed by atoms with E-state index >= 15 is 0 Å². The van der Waals surface area contributed by atoms with Crippen molar-refractivity contribution in [3.63, 3.8) is 0 Å². The molecular weight excluding hydrogens is 274 g/mol. The lowest BCUT2D eigenvalue weighted by Gasteiger charge is -2.36. The second kappa shape index (κ2) is 7.50. The minimum absolute atomic E-state index is 0.198. The summed E-state index contributed by atoms with van der Waals surface area (Å²) >= 11 is 6.01. The molecule has 0 spiro atoms. The molecule has 0 aromatic heterocycles. The van der Waals surface area contributed by atoms with Crippen molar-refractivity contribution < 1.29 is 4.79 Å². The Bertz CT molecular complexity index is 444. The van der Waals surface area contributed by atoms with Crippen LogP contribution in [0.1, 0.15) is 13.3 Å². The molecule has 1 heterocycles. The van der Waals surface area contributed by atoms with Gasteiger partial charge in [-0.25, -0.2) is 0 Å². The van der Waals surface area contributed by atoms with E-state index in [0.29, 0.717) is 6.54 Å². The molecule has 0 saturated carbocycles. The van der Waals surface area contributed by atoms with Gasteiger partial charge in [0.25, 0.3) is 0 Å². The zero-order chi connectivity index (χ0) is 14.4. The van der Waals surface area contributed by atoms with Crippen LogP contribution < -0.4 is 10.2 Å². The van der Waals surface area contributed by atoms with Crippen molar-refractivity contribution in [3.8, 4) is 0 Å². The van der Waals surface area contributed by atoms with Crippen molar-refractivity contribution in [2.75, 3.05) is 44.2 Å². The molecule has 1 aliphatic heterocycles. The minimum Gasteiger partial charge on any atom is -0.368 e. The normalized spacial score (nSPS) is 15.5. The number of anilines is 1. The molecule has 1 N–H and O–H groups in total. The molecule has 1 aliphatic rings. The lowest BCUT2D eigenvalue weighted by atomic mass is 10.2. The third-order valence-electron chi connectivity index (χ3n) is 3.51. The van der Waals surface area contributed by atoms with E-state index in [2.05, 4.69) is 23.2 Å². The average Bonchev–Trinajstić information content (AvgIpc) is 2.47. The fourth-order valence-electron chi connectivity index (χ4n) is 2.37. The number of benzene rings is 1. The maximum atomic E-state index is 12.0. The summed E-state index contributed by atoms with van der Waals surface area (Å²) in [5.41, 5.74) is 1.13. The Morgan fingerprint density at radius 3 is 2.70 bits per heavy atom. The van der Waals surface area contributed by atoms with E-state index in [-0.39, 0.29) is 5.91 Å². The Hall–Kier alpha value is -1.26. The molecule has 0 unspecified atom stereocenters. The van der Waals surface area contributed by atoms with Gasteiger partial charge in [0, 0.05) is 36.9 Å². The highest BCUT2D eigenvalue weighted by atomic mass is 35.5. The summed E-state index contributed by atoms with van der Waals surface area (Å²) in [4.78, 5) is 16.2. The van der Waals surface area contributed by atoms with Gasteiger partial charge in [-0.05, 0) is 31.2 Å². The fraction of sp³-hybridized carbons (Fsp3) is 0.533. The van der Waals surface area contributed by atoms with Crippen LogP contribution in [-0.4, -0.2) is 50.1 Å². The number of hydrogen-bond donors (Lipinski definition) is 1. The highest BCUT2D eigenvalue weighted by molar-refractivity contribution is 6.30. The first-order valence-electron chi connectivity index (χ1n) is 7.19. The monoisotopic (exact) mass is 295 g/mol. The van der Waals surface area contributed by atoms with E-state index in [1.165, 1.54) is 0 Å². The van der Waals surface area contributed by atoms with Crippen molar-refractivity contribution in [1.29, 1.82) is 0 Å². The largest absolute Gasteiger partial charge is 0.368 e. The lowest BCUT2D eigenvalue weighted by molar-refractivity contribution is -0.130. The van der Waals surface area contributed by atoms with Gasteiger partial charge in [-0.3, -0.25) is 4.79 Å². The van der Waals surface area contributed by atoms with Crippen LogP contribution in [-0.2, 0) is 4.79 Å². The maximum absolute atomic E-state index is 12.0. The highest BCUT2D eigenvalue weighted by Gasteiger charge is 2.20. The number of nitrogens with one attached hydrogen (secondary N) is 1. The molecule has 0 aliphatic carbocycles. The summed E-state index contributed by atoms with van der Waals surface area (Å²) in [6, 6.07) is 7.88. The molecule has 20 heavy (non-hydrogen) atoms. The molecule has 0 atom stereocenters. The van der Waals surface area contributed by atoms with Crippen LogP contribution >= 0.6 is 11.6 Å². The van der Waals surface area contributed by atoms with Gasteiger partial charge in [-0.15, -0.1) is 0 Å². The van der Waals surface area contributed by atoms with Gasteiger partial charge in [0.05, 0.1) is 6.54 Å². The van der Waals surface area contributed by atoms with E-state index in [0.717, 1.165) is 49.9 Å². The summed E-state index contributed by atoms with van der Waals surface area (Å²) in [5.74, 6) is 0.198. The minimum atomic E-state index is 0.198. The molecule has 1 saturated heterocycles. The first-order chi connectivity index (χ1) is 9.70. The summed E-state index contributed by atoms with van der Waals surface area (Å²) < 4.78 is 0. The molecule has 1 amide bonds. The van der Waals surface area contributed by atoms with Crippen molar-refractivity contribution in [3.05, 3.63) is 29.3 Å². The van der Waals surface area contributed by atoms with Gasteiger partial charge < -0.3 is 15.1 Å². The molecule has 0 bridgehead atoms. The van der Waals surface area contributed by atoms with Gasteiger partial charge in [-0.2, -0.15) is 0 Å². The third-order valence-corrected chi connectivity index (χ3v) is 3.74. The molecule has 1 aromatic carbocycles. The molecule has 0 radical (unpaired) electrons. The predicted octanol–water partition coefficient (Wildman–Crippen LogP) is 1.99. The zero-order valence-corrected chi connectivity index (χ0v) is 12.7. The number of nitrogens with zero attached hydrogens (tertiary/aromatic N) is 2. The van der Waals surface area contributed by atoms with E-state index in [1.54, 1.807) is 0 Å². The molecule has 4 nitrogen and oxygen atoms in total. The Balaban J connectivity index is 1.81. The van der Waals surface area contributed by atoms with Crippen LogP contribution in [0.3, 0.4) is 0 Å². The van der Waals surface area contributed by atoms with Crippen LogP contribution in [0, 0.1) is 0 Å². The summed E-state index contributed by atoms with van der Waals surface area (Å²) in [7, 11) is 0. The topological polar surface area (TPSA) is 35.6 Å². The fourth-order valence-corrected chi connectivity index (χ4v) is 2.56. The smallest absolute Gasteiger partial charge is 0.236 e. The first-order valence-corrected chi connectivity index (χ1v) is 7.57. The number of carbonyl (C=O) groups excluding carboxylic acids is 1. The molecule has 2 rings (SSSR count). The summed E-state index contributed by atoms with van der Waals surface area (Å²) in [6.07, 6.45) is 1.05. The SMILES string of the molecule is CCCNCC(=O)N1CCN(c2cccc(Cl)c2)CC1. The van der Waals surface area contributed by atoms with E-state index in [4.69, 9.17) is 11.6 Å². The number of carbonyl (C=O) groups is 1. The molecule has 110 valence electrons. The van der Waals surface area contributed by atoms with Crippen LogP contribution in [0.15, 0.2) is 24.3 Å². The van der Waals surface area contributed by atoms with Crippen molar-refractivity contribution in [2.45, 2.75) is 13.3 Å². The summed E-state index contributed by atoms with van der Waals surface area (Å²) in [6.45, 7) is 6.72. The molecule has 5 heteroatoms. The van der Waals surface area contributed by atoms with E-state index < -0.39 is 0 Å². The lowest BCUT2D eigenvalue weighted by Crippen LogP contribution is -2.50. The second-order valence-corrected chi connectivity index (χ2v) is 5.46. The Kier molecular flexibility index (Phi) is 5.68. The average molecular weight is 296 g/mol. The second-order valence-electron chi connectivity index (χ2n) is 5.02. The molecule has 1 fully saturated rings. The van der Waals surface area contributed by atoms with Gasteiger partial charge in [0.2, 0.25) is 5.91 Å². The van der Waals surface area contributed by atoms with Crippen LogP contribution in [0.2, 0.25) is 5.02 Å². The molecular formula is C15H22ClN3O. The zero-order valence-electron chi connectivity index (χ0n) is 11.9. The predicted molar refractivity (Wildman–Crippen MR) is 83.4 cm³/mol. The number of halogens is 1. The van der Waals surface area contributed by atoms with Gasteiger partial charge in [0.1, 0.15) is 0 Å². The van der Waals surface area contributed by atoms with Gasteiger partial charge in [0.15, 0.2) is 0 Å². The van der Waals surface area contributed by atoms with Crippen LogP contribution in [0.25, 0.3) is 0 Å². The number of amides is 1. The highest BCUT2D eigenvalue weighted by Crippen LogP contribution is 2.20. The number of hydrogen-bond acceptors (Lipinski definition) is 3.